The van der Waals surface area contributed by atoms with E-state index in [1.807, 2.05) is 36.4 Å². The highest BCUT2D eigenvalue weighted by Crippen LogP contribution is 2.28. The number of fused-ring (bicyclic) bond motifs is 1. The number of piperazine rings is 1. The number of ether oxygens (including phenoxy) is 1. The summed E-state index contributed by atoms with van der Waals surface area (Å²) in [6.45, 7) is 5.42. The molecule has 4 rings (SSSR count). The Morgan fingerprint density at radius 2 is 1.86 bits per heavy atom. The lowest BCUT2D eigenvalue weighted by Gasteiger charge is -2.36. The van der Waals surface area contributed by atoms with Crippen molar-refractivity contribution in [2.24, 2.45) is 0 Å². The largest absolute Gasteiger partial charge is 0.491 e. The minimum Gasteiger partial charge on any atom is -0.491 e. The summed E-state index contributed by atoms with van der Waals surface area (Å²) in [6.07, 6.45) is 6.15. The molecule has 36 heavy (non-hydrogen) atoms. The smallest absolute Gasteiger partial charge is 0.286 e. The van der Waals surface area contributed by atoms with Crippen molar-refractivity contribution in [3.05, 3.63) is 81.1 Å². The van der Waals surface area contributed by atoms with E-state index in [2.05, 4.69) is 26.2 Å². The van der Waals surface area contributed by atoms with Crippen LogP contribution in [0.4, 0.5) is 5.69 Å². The number of aromatic nitrogens is 1. The quantitative estimate of drug-likeness (QED) is 0.149. The summed E-state index contributed by atoms with van der Waals surface area (Å²) in [6, 6.07) is 13.6. The van der Waals surface area contributed by atoms with Gasteiger partial charge in [-0.3, -0.25) is 9.69 Å². The number of carbonyl (C=O) groups is 1. The molecule has 2 heterocycles. The number of aromatic amines is 1. The molecule has 2 aromatic carbocycles. The maximum absolute atomic E-state index is 12.5. The van der Waals surface area contributed by atoms with Gasteiger partial charge in [0.25, 0.3) is 5.91 Å². The number of hydrogen-bond acceptors (Lipinski definition) is 4. The zero-order valence-electron chi connectivity index (χ0n) is 20.1. The molecule has 9 heteroatoms. The summed E-state index contributed by atoms with van der Waals surface area (Å²) in [4.78, 5) is 20.5. The molecule has 190 valence electrons. The van der Waals surface area contributed by atoms with Gasteiger partial charge in [-0.15, -0.1) is 0 Å². The maximum atomic E-state index is 12.5. The summed E-state index contributed by atoms with van der Waals surface area (Å²) < 4.78 is 5.28. The molecular formula is C27H29Cl3N4O2. The van der Waals surface area contributed by atoms with E-state index in [4.69, 9.17) is 39.5 Å². The molecule has 1 aromatic heterocycles. The van der Waals surface area contributed by atoms with Crippen LogP contribution in [0.2, 0.25) is 15.1 Å². The molecule has 0 unspecified atom stereocenters. The van der Waals surface area contributed by atoms with E-state index in [0.29, 0.717) is 16.6 Å². The molecule has 6 nitrogen and oxygen atoms in total. The van der Waals surface area contributed by atoms with Gasteiger partial charge in [0.2, 0.25) is 0 Å². The molecule has 1 aliphatic heterocycles. The summed E-state index contributed by atoms with van der Waals surface area (Å²) in [7, 11) is 1.49. The van der Waals surface area contributed by atoms with E-state index in [1.54, 1.807) is 18.2 Å². The van der Waals surface area contributed by atoms with Crippen molar-refractivity contribution in [1.29, 1.82) is 0 Å². The van der Waals surface area contributed by atoms with Gasteiger partial charge in [0.05, 0.1) is 17.2 Å². The number of allylic oxidation sites excluding steroid dienone is 2. The van der Waals surface area contributed by atoms with Gasteiger partial charge in [0.1, 0.15) is 0 Å². The number of halogens is 3. The van der Waals surface area contributed by atoms with Crippen molar-refractivity contribution < 1.29 is 9.53 Å². The first-order valence-corrected chi connectivity index (χ1v) is 13.0. The SMILES string of the molecule is CO/C(=C\C=C\c1cc2cc(Cl)c(Cl)cc2[nH]1)C(=O)NCCCN1CCN(c2cccc(Cl)c2)CC1. The number of H-pyrrole nitrogens is 1. The lowest BCUT2D eigenvalue weighted by Crippen LogP contribution is -2.47. The molecule has 2 N–H and O–H groups in total. The normalized spacial score (nSPS) is 15.1. The van der Waals surface area contributed by atoms with Crippen molar-refractivity contribution in [3.8, 4) is 0 Å². The number of methoxy groups -OCH3 is 1. The fourth-order valence-electron chi connectivity index (χ4n) is 4.21. The van der Waals surface area contributed by atoms with Crippen LogP contribution in [-0.2, 0) is 9.53 Å². The Labute approximate surface area is 226 Å². The first kappa shape index (κ1) is 26.4. The van der Waals surface area contributed by atoms with Gasteiger partial charge in [-0.25, -0.2) is 0 Å². The second kappa shape index (κ2) is 12.5. The average Bonchev–Trinajstić information content (AvgIpc) is 3.26. The Kier molecular flexibility index (Phi) is 9.21. The number of nitrogens with zero attached hydrogens (tertiary/aromatic N) is 2. The van der Waals surface area contributed by atoms with Crippen LogP contribution in [0.25, 0.3) is 17.0 Å². The zero-order chi connectivity index (χ0) is 25.5. The van der Waals surface area contributed by atoms with Crippen molar-refractivity contribution >= 4 is 63.4 Å². The van der Waals surface area contributed by atoms with Gasteiger partial charge in [0.15, 0.2) is 5.76 Å². The summed E-state index contributed by atoms with van der Waals surface area (Å²) in [5.74, 6) is 0.0201. The predicted octanol–water partition coefficient (Wildman–Crippen LogP) is 6.00. The number of hydrogen-bond donors (Lipinski definition) is 2. The highest BCUT2D eigenvalue weighted by Gasteiger charge is 2.17. The van der Waals surface area contributed by atoms with E-state index in [1.165, 1.54) is 12.8 Å². The van der Waals surface area contributed by atoms with Gasteiger partial charge >= 0.3 is 0 Å². The van der Waals surface area contributed by atoms with Crippen LogP contribution in [0, 0.1) is 0 Å². The minimum absolute atomic E-state index is 0.233. The Bertz CT molecular complexity index is 1220. The Morgan fingerprint density at radius 1 is 1.08 bits per heavy atom. The number of rotatable bonds is 9. The predicted molar refractivity (Wildman–Crippen MR) is 150 cm³/mol. The molecule has 0 spiro atoms. The second-order valence-electron chi connectivity index (χ2n) is 8.59. The Balaban J connectivity index is 1.20. The first-order valence-electron chi connectivity index (χ1n) is 11.8. The molecular weight excluding hydrogens is 519 g/mol. The summed E-state index contributed by atoms with van der Waals surface area (Å²) in [5.41, 5.74) is 2.93. The molecule has 0 atom stereocenters. The van der Waals surface area contributed by atoms with Crippen LogP contribution in [0.5, 0.6) is 0 Å². The molecule has 1 saturated heterocycles. The fourth-order valence-corrected chi connectivity index (χ4v) is 4.73. The molecule has 1 aliphatic rings. The minimum atomic E-state index is -0.233. The van der Waals surface area contributed by atoms with Crippen LogP contribution in [-0.4, -0.2) is 62.2 Å². The number of nitrogens with one attached hydrogen (secondary N) is 2. The third-order valence-corrected chi connectivity index (χ3v) is 7.09. The van der Waals surface area contributed by atoms with Gasteiger partial charge in [0, 0.05) is 60.0 Å². The van der Waals surface area contributed by atoms with Gasteiger partial charge in [-0.2, -0.15) is 0 Å². The Morgan fingerprint density at radius 3 is 2.61 bits per heavy atom. The van der Waals surface area contributed by atoms with E-state index in [0.717, 1.165) is 60.8 Å². The van der Waals surface area contributed by atoms with Gasteiger partial charge in [-0.1, -0.05) is 46.9 Å². The van der Waals surface area contributed by atoms with E-state index in [9.17, 15) is 4.79 Å². The molecule has 0 bridgehead atoms. The molecule has 1 fully saturated rings. The van der Waals surface area contributed by atoms with Crippen LogP contribution >= 0.6 is 34.8 Å². The zero-order valence-corrected chi connectivity index (χ0v) is 22.3. The highest BCUT2D eigenvalue weighted by atomic mass is 35.5. The van der Waals surface area contributed by atoms with E-state index < -0.39 is 0 Å². The number of amides is 1. The van der Waals surface area contributed by atoms with Crippen molar-refractivity contribution in [1.82, 2.24) is 15.2 Å². The van der Waals surface area contributed by atoms with E-state index >= 15 is 0 Å². The summed E-state index contributed by atoms with van der Waals surface area (Å²) in [5, 5.41) is 5.68. The van der Waals surface area contributed by atoms with Crippen LogP contribution in [0.3, 0.4) is 0 Å². The van der Waals surface area contributed by atoms with Crippen LogP contribution in [0.15, 0.2) is 60.4 Å². The van der Waals surface area contributed by atoms with Crippen molar-refractivity contribution in [2.45, 2.75) is 6.42 Å². The third kappa shape index (κ3) is 6.98. The molecule has 1 amide bonds. The highest BCUT2D eigenvalue weighted by molar-refractivity contribution is 6.42. The molecule has 3 aromatic rings. The monoisotopic (exact) mass is 546 g/mol. The standard InChI is InChI=1S/C27H29Cl3N4O2/c1-36-26(8-3-6-21-15-19-16-23(29)24(30)18-25(19)32-21)27(35)31-9-4-10-33-11-13-34(14-12-33)22-7-2-5-20(28)17-22/h2-3,5-8,15-18,32H,4,9-14H2,1H3,(H,31,35)/b6-3+,26-8-. The average molecular weight is 548 g/mol. The van der Waals surface area contributed by atoms with Crippen molar-refractivity contribution in [3.63, 3.8) is 0 Å². The lowest BCUT2D eigenvalue weighted by atomic mass is 10.2. The fraction of sp³-hybridized carbons (Fsp3) is 0.296. The third-order valence-electron chi connectivity index (χ3n) is 6.13. The van der Waals surface area contributed by atoms with Crippen molar-refractivity contribution in [2.75, 3.05) is 51.3 Å². The van der Waals surface area contributed by atoms with E-state index in [-0.39, 0.29) is 11.7 Å². The Hall–Kier alpha value is -2.64. The molecule has 0 radical (unpaired) electrons. The van der Waals surface area contributed by atoms with Gasteiger partial charge < -0.3 is 19.9 Å². The number of anilines is 1. The van der Waals surface area contributed by atoms with Gasteiger partial charge in [-0.05, 0) is 61.5 Å². The first-order chi connectivity index (χ1) is 17.4. The van der Waals surface area contributed by atoms with Crippen LogP contribution < -0.4 is 10.2 Å². The number of carbonyl (C=O) groups excluding carboxylic acids is 1. The maximum Gasteiger partial charge on any atom is 0.286 e. The summed E-state index contributed by atoms with van der Waals surface area (Å²) >= 11 is 18.3. The number of benzene rings is 2. The van der Waals surface area contributed by atoms with Crippen LogP contribution in [0.1, 0.15) is 12.1 Å². The molecule has 0 saturated carbocycles. The topological polar surface area (TPSA) is 60.6 Å². The molecule has 0 aliphatic carbocycles. The second-order valence-corrected chi connectivity index (χ2v) is 9.84. The lowest BCUT2D eigenvalue weighted by molar-refractivity contribution is -0.120.